The normalized spacial score (nSPS) is 15.9. The van der Waals surface area contributed by atoms with Crippen LogP contribution in [-0.4, -0.2) is 34.6 Å². The molecule has 112 valence electrons. The summed E-state index contributed by atoms with van der Waals surface area (Å²) in [4.78, 5) is 23.3. The first-order valence-electron chi connectivity index (χ1n) is 7.12. The highest BCUT2D eigenvalue weighted by molar-refractivity contribution is 5.84. The molecule has 5 heteroatoms. The van der Waals surface area contributed by atoms with Crippen LogP contribution in [0.5, 0.6) is 0 Å². The number of aliphatic carboxylic acids is 1. The molecule has 0 saturated carbocycles. The number of hydrogen-bond donors (Lipinski definition) is 3. The molecule has 0 heterocycles. The molecule has 0 radical (unpaired) electrons. The fourth-order valence-corrected chi connectivity index (χ4v) is 2.10. The first-order chi connectivity index (χ1) is 8.80. The van der Waals surface area contributed by atoms with E-state index in [9.17, 15) is 14.7 Å². The molecule has 0 spiro atoms. The molecule has 0 bridgehead atoms. The maximum atomic E-state index is 12.0. The minimum absolute atomic E-state index is 0.141. The topological polar surface area (TPSA) is 78.4 Å². The van der Waals surface area contributed by atoms with Crippen LogP contribution in [0.25, 0.3) is 0 Å². The summed E-state index contributed by atoms with van der Waals surface area (Å²) in [7, 11) is 0. The van der Waals surface area contributed by atoms with E-state index in [-0.39, 0.29) is 11.9 Å². The standard InChI is InChI=1S/C14H28N2O3/c1-6-9-14(5,13(18)19)16-10(4)12(17)15-11(7-2)8-3/h10-11,16H,6-9H2,1-5H3,(H,15,17)(H,18,19). The zero-order valence-electron chi connectivity index (χ0n) is 12.7. The molecule has 0 saturated heterocycles. The van der Waals surface area contributed by atoms with E-state index in [2.05, 4.69) is 10.6 Å². The smallest absolute Gasteiger partial charge is 0.323 e. The Bertz CT molecular complexity index is 303. The lowest BCUT2D eigenvalue weighted by Gasteiger charge is -2.30. The Labute approximate surface area is 116 Å². The highest BCUT2D eigenvalue weighted by Gasteiger charge is 2.34. The summed E-state index contributed by atoms with van der Waals surface area (Å²) in [5, 5.41) is 15.1. The Kier molecular flexibility index (Phi) is 7.68. The van der Waals surface area contributed by atoms with Gasteiger partial charge in [0.1, 0.15) is 5.54 Å². The number of carboxylic acid groups (broad SMARTS) is 1. The molecule has 1 amide bonds. The fraction of sp³-hybridized carbons (Fsp3) is 0.857. The number of rotatable bonds is 9. The second-order valence-corrected chi connectivity index (χ2v) is 5.28. The summed E-state index contributed by atoms with van der Waals surface area (Å²) in [5.74, 6) is -1.06. The van der Waals surface area contributed by atoms with Gasteiger partial charge in [0.25, 0.3) is 0 Å². The summed E-state index contributed by atoms with van der Waals surface area (Å²) in [6.07, 6.45) is 2.99. The Morgan fingerprint density at radius 1 is 1.21 bits per heavy atom. The maximum absolute atomic E-state index is 12.0. The third-order valence-electron chi connectivity index (χ3n) is 3.48. The van der Waals surface area contributed by atoms with Crippen LogP contribution in [0.3, 0.4) is 0 Å². The minimum atomic E-state index is -1.06. The third-order valence-corrected chi connectivity index (χ3v) is 3.48. The molecule has 19 heavy (non-hydrogen) atoms. The number of carbonyl (C=O) groups is 2. The number of carboxylic acids is 1. The van der Waals surface area contributed by atoms with Crippen molar-refractivity contribution in [2.24, 2.45) is 0 Å². The Hall–Kier alpha value is -1.10. The van der Waals surface area contributed by atoms with Gasteiger partial charge >= 0.3 is 5.97 Å². The number of nitrogens with one attached hydrogen (secondary N) is 2. The fourth-order valence-electron chi connectivity index (χ4n) is 2.10. The molecule has 2 atom stereocenters. The van der Waals surface area contributed by atoms with Crippen molar-refractivity contribution in [3.8, 4) is 0 Å². The lowest BCUT2D eigenvalue weighted by molar-refractivity contribution is -0.145. The molecule has 5 nitrogen and oxygen atoms in total. The molecule has 0 aliphatic rings. The monoisotopic (exact) mass is 272 g/mol. The highest BCUT2D eigenvalue weighted by Crippen LogP contribution is 2.13. The minimum Gasteiger partial charge on any atom is -0.480 e. The van der Waals surface area contributed by atoms with Gasteiger partial charge in [-0.3, -0.25) is 14.9 Å². The maximum Gasteiger partial charge on any atom is 0.323 e. The highest BCUT2D eigenvalue weighted by atomic mass is 16.4. The number of hydrogen-bond acceptors (Lipinski definition) is 3. The van der Waals surface area contributed by atoms with E-state index in [0.717, 1.165) is 19.3 Å². The van der Waals surface area contributed by atoms with Crippen LogP contribution < -0.4 is 10.6 Å². The van der Waals surface area contributed by atoms with Crippen LogP contribution in [0.4, 0.5) is 0 Å². The molecule has 0 aliphatic carbocycles. The molecule has 0 rings (SSSR count). The van der Waals surface area contributed by atoms with Crippen molar-refractivity contribution in [1.82, 2.24) is 10.6 Å². The van der Waals surface area contributed by atoms with Crippen LogP contribution in [0.15, 0.2) is 0 Å². The first-order valence-corrected chi connectivity index (χ1v) is 7.12. The largest absolute Gasteiger partial charge is 0.480 e. The molecule has 0 aromatic carbocycles. The van der Waals surface area contributed by atoms with Gasteiger partial charge in [-0.2, -0.15) is 0 Å². The van der Waals surface area contributed by atoms with Crippen LogP contribution in [0, 0.1) is 0 Å². The van der Waals surface area contributed by atoms with Crippen LogP contribution in [-0.2, 0) is 9.59 Å². The van der Waals surface area contributed by atoms with Crippen LogP contribution >= 0.6 is 0 Å². The molecular weight excluding hydrogens is 244 g/mol. The zero-order valence-corrected chi connectivity index (χ0v) is 12.7. The van der Waals surface area contributed by atoms with Gasteiger partial charge in [-0.25, -0.2) is 0 Å². The van der Waals surface area contributed by atoms with Crippen molar-refractivity contribution in [2.45, 2.75) is 77.9 Å². The van der Waals surface area contributed by atoms with Crippen molar-refractivity contribution < 1.29 is 14.7 Å². The second kappa shape index (κ2) is 8.15. The van der Waals surface area contributed by atoms with E-state index in [1.165, 1.54) is 0 Å². The summed E-state index contributed by atoms with van der Waals surface area (Å²) >= 11 is 0. The van der Waals surface area contributed by atoms with Gasteiger partial charge in [0.05, 0.1) is 6.04 Å². The number of amides is 1. The van der Waals surface area contributed by atoms with Crippen molar-refractivity contribution in [2.75, 3.05) is 0 Å². The molecule has 0 aromatic heterocycles. The van der Waals surface area contributed by atoms with E-state index in [1.807, 2.05) is 20.8 Å². The summed E-state index contributed by atoms with van der Waals surface area (Å²) in [5.41, 5.74) is -1.06. The molecular formula is C14H28N2O3. The number of carbonyl (C=O) groups excluding carboxylic acids is 1. The van der Waals surface area contributed by atoms with Crippen LogP contribution in [0.2, 0.25) is 0 Å². The van der Waals surface area contributed by atoms with Gasteiger partial charge in [0.2, 0.25) is 5.91 Å². The zero-order chi connectivity index (χ0) is 15.1. The van der Waals surface area contributed by atoms with Gasteiger partial charge in [0.15, 0.2) is 0 Å². The van der Waals surface area contributed by atoms with E-state index >= 15 is 0 Å². The molecule has 0 aliphatic heterocycles. The lowest BCUT2D eigenvalue weighted by Crippen LogP contribution is -2.57. The van der Waals surface area contributed by atoms with E-state index in [1.54, 1.807) is 13.8 Å². The van der Waals surface area contributed by atoms with Crippen molar-refractivity contribution in [3.05, 3.63) is 0 Å². The predicted molar refractivity (Wildman–Crippen MR) is 76.1 cm³/mol. The van der Waals surface area contributed by atoms with Gasteiger partial charge in [-0.15, -0.1) is 0 Å². The Balaban J connectivity index is 4.60. The first kappa shape index (κ1) is 17.9. The predicted octanol–water partition coefficient (Wildman–Crippen LogP) is 1.91. The Morgan fingerprint density at radius 3 is 2.11 bits per heavy atom. The molecule has 0 fully saturated rings. The van der Waals surface area contributed by atoms with Crippen molar-refractivity contribution in [3.63, 3.8) is 0 Å². The Morgan fingerprint density at radius 2 is 1.74 bits per heavy atom. The molecule has 2 unspecified atom stereocenters. The molecule has 3 N–H and O–H groups in total. The molecule has 0 aromatic rings. The van der Waals surface area contributed by atoms with Gasteiger partial charge in [-0.1, -0.05) is 27.2 Å². The lowest BCUT2D eigenvalue weighted by atomic mass is 9.95. The van der Waals surface area contributed by atoms with Gasteiger partial charge in [0, 0.05) is 6.04 Å². The van der Waals surface area contributed by atoms with Crippen molar-refractivity contribution in [1.29, 1.82) is 0 Å². The summed E-state index contributed by atoms with van der Waals surface area (Å²) < 4.78 is 0. The van der Waals surface area contributed by atoms with E-state index in [0.29, 0.717) is 6.42 Å². The van der Waals surface area contributed by atoms with E-state index in [4.69, 9.17) is 0 Å². The summed E-state index contributed by atoms with van der Waals surface area (Å²) in [6, 6.07) is -0.368. The van der Waals surface area contributed by atoms with Crippen molar-refractivity contribution >= 4 is 11.9 Å². The van der Waals surface area contributed by atoms with Crippen LogP contribution in [0.1, 0.15) is 60.3 Å². The second-order valence-electron chi connectivity index (χ2n) is 5.28. The van der Waals surface area contributed by atoms with E-state index < -0.39 is 17.6 Å². The average molecular weight is 272 g/mol. The average Bonchev–Trinajstić information content (AvgIpc) is 2.35. The quantitative estimate of drug-likeness (QED) is 0.599. The summed E-state index contributed by atoms with van der Waals surface area (Å²) in [6.45, 7) is 9.29. The van der Waals surface area contributed by atoms with Gasteiger partial charge in [-0.05, 0) is 33.1 Å². The SMILES string of the molecule is CCCC(C)(NC(C)C(=O)NC(CC)CC)C(=O)O. The third kappa shape index (κ3) is 5.59. The van der Waals surface area contributed by atoms with Gasteiger partial charge < -0.3 is 10.4 Å².